The van der Waals surface area contributed by atoms with Gasteiger partial charge in [0.1, 0.15) is 42.7 Å². The van der Waals surface area contributed by atoms with Gasteiger partial charge < -0.3 is 55.4 Å². The Morgan fingerprint density at radius 2 is 1.73 bits per heavy atom. The maximum atomic E-state index is 13.1. The van der Waals surface area contributed by atoms with Crippen LogP contribution >= 0.6 is 0 Å². The maximum absolute atomic E-state index is 13.1. The molecule has 4 aliphatic rings. The Hall–Kier alpha value is -2.73. The van der Waals surface area contributed by atoms with Crippen LogP contribution in [0, 0.1) is 5.92 Å². The Bertz CT molecular complexity index is 1160. The first-order chi connectivity index (χ1) is 19.5. The summed E-state index contributed by atoms with van der Waals surface area (Å²) in [7, 11) is 0. The van der Waals surface area contributed by atoms with E-state index in [2.05, 4.69) is 10.6 Å². The van der Waals surface area contributed by atoms with Crippen molar-refractivity contribution >= 4 is 23.4 Å². The van der Waals surface area contributed by atoms with E-state index in [9.17, 15) is 50.1 Å². The van der Waals surface area contributed by atoms with Crippen LogP contribution in [-0.2, 0) is 25.6 Å². The summed E-state index contributed by atoms with van der Waals surface area (Å²) in [4.78, 5) is 38.4. The fraction of sp³-hybridized carbons (Fsp3) is 0.654. The summed E-state index contributed by atoms with van der Waals surface area (Å²) in [5.41, 5.74) is 1.21. The third-order valence-corrected chi connectivity index (χ3v) is 8.41. The van der Waals surface area contributed by atoms with Crippen molar-refractivity contribution in [3.05, 3.63) is 29.3 Å². The molecule has 1 aliphatic carbocycles. The Balaban J connectivity index is 1.30. The first-order valence-electron chi connectivity index (χ1n) is 13.5. The lowest BCUT2D eigenvalue weighted by molar-refractivity contribution is -0.268. The van der Waals surface area contributed by atoms with Gasteiger partial charge in [0.05, 0.1) is 18.8 Å². The molecule has 2 saturated heterocycles. The second kappa shape index (κ2) is 11.9. The van der Waals surface area contributed by atoms with Gasteiger partial charge in [0.2, 0.25) is 11.8 Å². The second-order valence-corrected chi connectivity index (χ2v) is 10.9. The van der Waals surface area contributed by atoms with Gasteiger partial charge in [-0.15, -0.1) is 0 Å². The highest BCUT2D eigenvalue weighted by Crippen LogP contribution is 2.35. The van der Waals surface area contributed by atoms with Crippen LogP contribution in [0.3, 0.4) is 0 Å². The number of ether oxygens (including phenoxy) is 2. The van der Waals surface area contributed by atoms with Crippen molar-refractivity contribution in [2.75, 3.05) is 18.5 Å². The van der Waals surface area contributed by atoms with Crippen LogP contribution in [0.1, 0.15) is 35.2 Å². The van der Waals surface area contributed by atoms with Gasteiger partial charge in [0.25, 0.3) is 5.91 Å². The van der Waals surface area contributed by atoms with E-state index in [0.717, 1.165) is 0 Å². The average Bonchev–Trinajstić information content (AvgIpc) is 3.29. The van der Waals surface area contributed by atoms with Crippen molar-refractivity contribution in [1.82, 2.24) is 10.2 Å². The van der Waals surface area contributed by atoms with Crippen LogP contribution in [0.2, 0.25) is 0 Å². The van der Waals surface area contributed by atoms with Gasteiger partial charge in [-0.1, -0.05) is 6.07 Å². The number of hydrogen-bond donors (Lipinski definition) is 9. The maximum Gasteiger partial charge on any atom is 0.255 e. The average molecular weight is 582 g/mol. The minimum Gasteiger partial charge on any atom is -0.396 e. The van der Waals surface area contributed by atoms with Crippen LogP contribution in [0.5, 0.6) is 0 Å². The summed E-state index contributed by atoms with van der Waals surface area (Å²) >= 11 is 0. The topological polar surface area (TPSA) is 239 Å². The molecule has 41 heavy (non-hydrogen) atoms. The Kier molecular flexibility index (Phi) is 8.61. The lowest BCUT2D eigenvalue weighted by Gasteiger charge is -2.46. The largest absolute Gasteiger partial charge is 0.396 e. The molecule has 3 fully saturated rings. The molecular formula is C26H35N3O12. The molecule has 5 rings (SSSR count). The quantitative estimate of drug-likeness (QED) is 0.140. The number of benzene rings is 1. The molecule has 15 heteroatoms. The summed E-state index contributed by atoms with van der Waals surface area (Å²) in [6.45, 7) is -1.10. The zero-order chi connectivity index (χ0) is 29.6. The highest BCUT2D eigenvalue weighted by molar-refractivity contribution is 6.06. The van der Waals surface area contributed by atoms with Gasteiger partial charge in [-0.3, -0.25) is 19.7 Å². The molecule has 0 radical (unpaired) electrons. The minimum absolute atomic E-state index is 0.0456. The van der Waals surface area contributed by atoms with Crippen LogP contribution in [0.15, 0.2) is 18.2 Å². The van der Waals surface area contributed by atoms with Gasteiger partial charge in [0.15, 0.2) is 6.23 Å². The molecule has 9 N–H and O–H groups in total. The third kappa shape index (κ3) is 5.45. The Morgan fingerprint density at radius 1 is 0.976 bits per heavy atom. The van der Waals surface area contributed by atoms with E-state index in [0.29, 0.717) is 16.8 Å². The van der Waals surface area contributed by atoms with E-state index >= 15 is 0 Å². The summed E-state index contributed by atoms with van der Waals surface area (Å²) < 4.78 is 11.6. The Morgan fingerprint density at radius 3 is 2.41 bits per heavy atom. The highest BCUT2D eigenvalue weighted by atomic mass is 16.6. The highest BCUT2D eigenvalue weighted by Gasteiger charge is 2.50. The molecule has 1 aromatic rings. The van der Waals surface area contributed by atoms with E-state index in [1.807, 2.05) is 0 Å². The van der Waals surface area contributed by atoms with Gasteiger partial charge in [0, 0.05) is 42.3 Å². The molecule has 3 aliphatic heterocycles. The smallest absolute Gasteiger partial charge is 0.255 e. The molecule has 11 atom stereocenters. The van der Waals surface area contributed by atoms with E-state index in [-0.39, 0.29) is 25.8 Å². The monoisotopic (exact) mass is 581 g/mol. The van der Waals surface area contributed by atoms with E-state index < -0.39 is 98.0 Å². The molecule has 1 aromatic carbocycles. The van der Waals surface area contributed by atoms with Crippen LogP contribution in [0.4, 0.5) is 5.69 Å². The van der Waals surface area contributed by atoms with E-state index in [1.165, 1.54) is 4.90 Å². The van der Waals surface area contributed by atoms with Crippen molar-refractivity contribution in [2.24, 2.45) is 5.92 Å². The molecule has 3 amide bonds. The molecule has 15 nitrogen and oxygen atoms in total. The number of piperidine rings is 1. The normalized spacial score (nSPS) is 39.4. The van der Waals surface area contributed by atoms with Gasteiger partial charge in [-0.05, 0) is 25.0 Å². The van der Waals surface area contributed by atoms with Crippen molar-refractivity contribution in [3.8, 4) is 0 Å². The zero-order valence-corrected chi connectivity index (χ0v) is 21.9. The molecule has 0 bridgehead atoms. The molecule has 0 aromatic heterocycles. The van der Waals surface area contributed by atoms with Gasteiger partial charge in [-0.2, -0.15) is 0 Å². The molecular weight excluding hydrogens is 546 g/mol. The number of aliphatic hydroxyl groups excluding tert-OH is 7. The zero-order valence-electron chi connectivity index (χ0n) is 21.9. The standard InChI is InChI=1S/C26H35N3O12/c30-8-10-6-15(19(34)20(35)18(10)33)40-23-16(9-31)41-25(22(37)21(23)36)27-13-3-1-2-11-12(13)7-29(26(11)39)14-4-5-17(32)28-24(14)38/h1-3,10,14-16,18-23,25,27,30-31,33-37H,4-9H2,(H,28,32,38)/t10-,14?,15-,16-,18+,19+,20+,21-,22-,23-,25?/m1/s1. The lowest BCUT2D eigenvalue weighted by atomic mass is 9.81. The van der Waals surface area contributed by atoms with Crippen molar-refractivity contribution in [3.63, 3.8) is 0 Å². The first kappa shape index (κ1) is 29.8. The minimum atomic E-state index is -1.64. The molecule has 0 spiro atoms. The summed E-state index contributed by atoms with van der Waals surface area (Å²) in [5, 5.41) is 77.3. The fourth-order valence-electron chi connectivity index (χ4n) is 6.05. The number of rotatable bonds is 7. The predicted octanol–water partition coefficient (Wildman–Crippen LogP) is -3.85. The number of carbonyl (C=O) groups is 3. The van der Waals surface area contributed by atoms with Crippen molar-refractivity contribution < 1.29 is 59.6 Å². The predicted molar refractivity (Wildman–Crippen MR) is 136 cm³/mol. The number of amides is 3. The number of imide groups is 1. The number of aliphatic hydroxyl groups is 7. The van der Waals surface area contributed by atoms with Crippen LogP contribution in [-0.4, -0.2) is 133 Å². The van der Waals surface area contributed by atoms with Crippen LogP contribution in [0.25, 0.3) is 0 Å². The van der Waals surface area contributed by atoms with Crippen molar-refractivity contribution in [2.45, 2.75) is 86.9 Å². The number of hydrogen-bond acceptors (Lipinski definition) is 13. The van der Waals surface area contributed by atoms with E-state index in [4.69, 9.17) is 9.47 Å². The van der Waals surface area contributed by atoms with Crippen LogP contribution < -0.4 is 10.6 Å². The van der Waals surface area contributed by atoms with Crippen molar-refractivity contribution in [1.29, 1.82) is 0 Å². The number of anilines is 1. The van der Waals surface area contributed by atoms with Gasteiger partial charge in [-0.25, -0.2) is 0 Å². The third-order valence-electron chi connectivity index (χ3n) is 8.41. The number of fused-ring (bicyclic) bond motifs is 1. The summed E-state index contributed by atoms with van der Waals surface area (Å²) in [6, 6.07) is 3.98. The van der Waals surface area contributed by atoms with E-state index in [1.54, 1.807) is 18.2 Å². The molecule has 226 valence electrons. The van der Waals surface area contributed by atoms with Gasteiger partial charge >= 0.3 is 0 Å². The Labute approximate surface area is 234 Å². The molecule has 2 unspecified atom stereocenters. The molecule has 1 saturated carbocycles. The summed E-state index contributed by atoms with van der Waals surface area (Å²) in [5.74, 6) is -2.17. The SMILES string of the molecule is O=C1CCC(N2Cc3c(NC4O[C@H](CO)[C@@H](O[C@@H]5C[C@H](CO)[C@H](O)[C@H](O)[C@H]5O)[C@H](O)[C@H]4O)cccc3C2=O)C(=O)N1. The first-order valence-corrected chi connectivity index (χ1v) is 13.5. The summed E-state index contributed by atoms with van der Waals surface area (Å²) in [6.07, 6.45) is -12.6. The number of nitrogens with one attached hydrogen (secondary N) is 2. The number of nitrogens with zero attached hydrogens (tertiary/aromatic N) is 1. The second-order valence-electron chi connectivity index (χ2n) is 10.9. The fourth-order valence-corrected chi connectivity index (χ4v) is 6.05. The lowest BCUT2D eigenvalue weighted by Crippen LogP contribution is -2.64. The number of carbonyl (C=O) groups excluding carboxylic acids is 3. The molecule has 3 heterocycles.